The van der Waals surface area contributed by atoms with Gasteiger partial charge in [0, 0.05) is 31.6 Å². The molecular weight excluding hydrogens is 246 g/mol. The summed E-state index contributed by atoms with van der Waals surface area (Å²) in [5.41, 5.74) is 6.95. The molecule has 1 aromatic heterocycles. The summed E-state index contributed by atoms with van der Waals surface area (Å²) >= 11 is 1.76. The van der Waals surface area contributed by atoms with E-state index in [1.165, 1.54) is 23.4 Å². The summed E-state index contributed by atoms with van der Waals surface area (Å²) in [4.78, 5) is 8.38. The predicted molar refractivity (Wildman–Crippen MR) is 76.2 cm³/mol. The van der Waals surface area contributed by atoms with Gasteiger partial charge in [-0.2, -0.15) is 0 Å². The number of rotatable bonds is 5. The molecule has 5 heteroatoms. The van der Waals surface area contributed by atoms with E-state index in [1.807, 2.05) is 0 Å². The predicted octanol–water partition coefficient (Wildman–Crippen LogP) is 2.03. The standard InChI is InChI=1S/C13H23N3OS/c1-3-11-12(7-14)18-13(15-11)16-6-4-5-10(8-16)9-17-2/h10H,3-9,14H2,1-2H3. The molecule has 2 heterocycles. The highest BCUT2D eigenvalue weighted by Crippen LogP contribution is 2.30. The maximum Gasteiger partial charge on any atom is 0.185 e. The molecule has 1 fully saturated rings. The highest BCUT2D eigenvalue weighted by atomic mass is 32.1. The van der Waals surface area contributed by atoms with Gasteiger partial charge in [0.15, 0.2) is 5.13 Å². The minimum Gasteiger partial charge on any atom is -0.384 e. The molecule has 1 saturated heterocycles. The van der Waals surface area contributed by atoms with Gasteiger partial charge in [-0.25, -0.2) is 4.98 Å². The highest BCUT2D eigenvalue weighted by Gasteiger charge is 2.23. The van der Waals surface area contributed by atoms with Crippen LogP contribution < -0.4 is 10.6 Å². The van der Waals surface area contributed by atoms with Gasteiger partial charge in [0.25, 0.3) is 0 Å². The average Bonchev–Trinajstić information content (AvgIpc) is 2.82. The quantitative estimate of drug-likeness (QED) is 0.888. The number of hydrogen-bond donors (Lipinski definition) is 1. The lowest BCUT2D eigenvalue weighted by Gasteiger charge is -2.32. The van der Waals surface area contributed by atoms with E-state index in [0.29, 0.717) is 12.5 Å². The van der Waals surface area contributed by atoms with Crippen molar-refractivity contribution in [2.45, 2.75) is 32.7 Å². The Hall–Kier alpha value is -0.650. The van der Waals surface area contributed by atoms with Crippen LogP contribution in [-0.4, -0.2) is 31.8 Å². The Morgan fingerprint density at radius 3 is 3.00 bits per heavy atom. The van der Waals surface area contributed by atoms with E-state index in [9.17, 15) is 0 Å². The molecular formula is C13H23N3OS. The molecule has 2 N–H and O–H groups in total. The summed E-state index contributed by atoms with van der Waals surface area (Å²) < 4.78 is 5.27. The lowest BCUT2D eigenvalue weighted by atomic mass is 9.99. The molecule has 0 saturated carbocycles. The third kappa shape index (κ3) is 3.02. The normalized spacial score (nSPS) is 20.4. The van der Waals surface area contributed by atoms with Crippen molar-refractivity contribution in [3.05, 3.63) is 10.6 Å². The molecule has 0 aromatic carbocycles. The van der Waals surface area contributed by atoms with Crippen LogP contribution in [-0.2, 0) is 17.7 Å². The molecule has 0 radical (unpaired) electrons. The fourth-order valence-electron chi connectivity index (χ4n) is 2.55. The first-order chi connectivity index (χ1) is 8.78. The number of piperidine rings is 1. The van der Waals surface area contributed by atoms with Crippen molar-refractivity contribution in [2.24, 2.45) is 11.7 Å². The molecule has 18 heavy (non-hydrogen) atoms. The number of thiazole rings is 1. The topological polar surface area (TPSA) is 51.4 Å². The maximum absolute atomic E-state index is 5.78. The molecule has 102 valence electrons. The second-order valence-electron chi connectivity index (χ2n) is 4.83. The van der Waals surface area contributed by atoms with Crippen molar-refractivity contribution in [3.8, 4) is 0 Å². The van der Waals surface area contributed by atoms with Crippen LogP contribution in [0.4, 0.5) is 5.13 Å². The monoisotopic (exact) mass is 269 g/mol. The molecule has 1 aliphatic heterocycles. The highest BCUT2D eigenvalue weighted by molar-refractivity contribution is 7.15. The zero-order chi connectivity index (χ0) is 13.0. The van der Waals surface area contributed by atoms with Gasteiger partial charge >= 0.3 is 0 Å². The molecule has 0 bridgehead atoms. The second kappa shape index (κ2) is 6.50. The van der Waals surface area contributed by atoms with E-state index >= 15 is 0 Å². The Morgan fingerprint density at radius 2 is 2.39 bits per heavy atom. The minimum absolute atomic E-state index is 0.607. The van der Waals surface area contributed by atoms with Gasteiger partial charge in [-0.3, -0.25) is 0 Å². The molecule has 0 amide bonds. The summed E-state index contributed by atoms with van der Waals surface area (Å²) in [5, 5.41) is 1.15. The van der Waals surface area contributed by atoms with Crippen LogP contribution in [0.2, 0.25) is 0 Å². The van der Waals surface area contributed by atoms with Crippen LogP contribution in [0.15, 0.2) is 0 Å². The van der Waals surface area contributed by atoms with Crippen molar-refractivity contribution in [1.29, 1.82) is 0 Å². The minimum atomic E-state index is 0.607. The fourth-order valence-corrected chi connectivity index (χ4v) is 3.61. The summed E-state index contributed by atoms with van der Waals surface area (Å²) in [6, 6.07) is 0. The number of nitrogens with two attached hydrogens (primary N) is 1. The summed E-state index contributed by atoms with van der Waals surface area (Å²) in [5.74, 6) is 0.638. The number of hydrogen-bond acceptors (Lipinski definition) is 5. The molecule has 0 spiro atoms. The van der Waals surface area contributed by atoms with E-state index in [4.69, 9.17) is 15.5 Å². The molecule has 1 aromatic rings. The molecule has 1 aliphatic rings. The SMILES string of the molecule is CCc1nc(N2CCCC(COC)C2)sc1CN. The first kappa shape index (κ1) is 13.8. The fraction of sp³-hybridized carbons (Fsp3) is 0.769. The van der Waals surface area contributed by atoms with Crippen LogP contribution in [0.3, 0.4) is 0 Å². The van der Waals surface area contributed by atoms with Crippen LogP contribution >= 0.6 is 11.3 Å². The summed E-state index contributed by atoms with van der Waals surface area (Å²) in [6.45, 7) is 5.78. The van der Waals surface area contributed by atoms with E-state index in [0.717, 1.165) is 31.2 Å². The second-order valence-corrected chi connectivity index (χ2v) is 5.90. The van der Waals surface area contributed by atoms with E-state index in [2.05, 4.69) is 11.8 Å². The molecule has 4 nitrogen and oxygen atoms in total. The van der Waals surface area contributed by atoms with Crippen molar-refractivity contribution < 1.29 is 4.74 Å². The molecule has 1 unspecified atom stereocenters. The third-order valence-corrected chi connectivity index (χ3v) is 4.66. The lowest BCUT2D eigenvalue weighted by Crippen LogP contribution is -2.37. The van der Waals surface area contributed by atoms with Crippen molar-refractivity contribution in [3.63, 3.8) is 0 Å². The van der Waals surface area contributed by atoms with Crippen LogP contribution in [0.25, 0.3) is 0 Å². The van der Waals surface area contributed by atoms with Crippen LogP contribution in [0.1, 0.15) is 30.3 Å². The Labute approximate surface area is 113 Å². The van der Waals surface area contributed by atoms with Crippen molar-refractivity contribution in [1.82, 2.24) is 4.98 Å². The molecule has 2 rings (SSSR count). The number of ether oxygens (including phenoxy) is 1. The summed E-state index contributed by atoms with van der Waals surface area (Å²) in [6.07, 6.45) is 3.46. The first-order valence-corrected chi connectivity index (χ1v) is 7.52. The van der Waals surface area contributed by atoms with Gasteiger partial charge in [-0.05, 0) is 25.2 Å². The van der Waals surface area contributed by atoms with Gasteiger partial charge in [0.05, 0.1) is 12.3 Å². The van der Waals surface area contributed by atoms with E-state index in [-0.39, 0.29) is 0 Å². The van der Waals surface area contributed by atoms with Crippen LogP contribution in [0.5, 0.6) is 0 Å². The van der Waals surface area contributed by atoms with Gasteiger partial charge in [-0.15, -0.1) is 11.3 Å². The van der Waals surface area contributed by atoms with Crippen molar-refractivity contribution in [2.75, 3.05) is 31.7 Å². The Morgan fingerprint density at radius 1 is 1.56 bits per heavy atom. The Kier molecular flexibility index (Phi) is 4.97. The van der Waals surface area contributed by atoms with Crippen LogP contribution in [0, 0.1) is 5.92 Å². The Bertz CT molecular complexity index is 357. The zero-order valence-corrected chi connectivity index (χ0v) is 12.1. The number of aryl methyl sites for hydroxylation is 1. The average molecular weight is 269 g/mol. The number of nitrogens with zero attached hydrogens (tertiary/aromatic N) is 2. The van der Waals surface area contributed by atoms with Gasteiger partial charge in [0.1, 0.15) is 0 Å². The lowest BCUT2D eigenvalue weighted by molar-refractivity contribution is 0.143. The zero-order valence-electron chi connectivity index (χ0n) is 11.3. The third-order valence-electron chi connectivity index (χ3n) is 3.48. The van der Waals surface area contributed by atoms with Gasteiger partial charge in [-0.1, -0.05) is 6.92 Å². The largest absolute Gasteiger partial charge is 0.384 e. The Balaban J connectivity index is 2.08. The van der Waals surface area contributed by atoms with E-state index in [1.54, 1.807) is 18.4 Å². The molecule has 1 atom stereocenters. The summed E-state index contributed by atoms with van der Waals surface area (Å²) in [7, 11) is 1.78. The maximum atomic E-state index is 5.78. The van der Waals surface area contributed by atoms with E-state index < -0.39 is 0 Å². The number of anilines is 1. The molecule has 0 aliphatic carbocycles. The van der Waals surface area contributed by atoms with Gasteiger partial charge < -0.3 is 15.4 Å². The van der Waals surface area contributed by atoms with Gasteiger partial charge in [0.2, 0.25) is 0 Å². The van der Waals surface area contributed by atoms with Crippen molar-refractivity contribution >= 4 is 16.5 Å². The number of aromatic nitrogens is 1. The first-order valence-electron chi connectivity index (χ1n) is 6.71. The number of methoxy groups -OCH3 is 1. The smallest absolute Gasteiger partial charge is 0.185 e.